The number of hydrogen-bond donors (Lipinski definition) is 1. The molecule has 5 heteroatoms. The third kappa shape index (κ3) is 1.78. The topological polar surface area (TPSA) is 67.6 Å². The minimum absolute atomic E-state index is 0.229. The summed E-state index contributed by atoms with van der Waals surface area (Å²) >= 11 is 5.76. The fourth-order valence-corrected chi connectivity index (χ4v) is 1.33. The number of nitriles is 1. The Morgan fingerprint density at radius 1 is 1.33 bits per heavy atom. The zero-order valence-electron chi connectivity index (χ0n) is 7.68. The smallest absolute Gasteiger partial charge is 0.163 e. The third-order valence-corrected chi connectivity index (χ3v) is 2.21. The van der Waals surface area contributed by atoms with Gasteiger partial charge in [-0.05, 0) is 24.3 Å². The van der Waals surface area contributed by atoms with Gasteiger partial charge < -0.3 is 5.73 Å². The molecule has 0 aliphatic rings. The first-order valence-electron chi connectivity index (χ1n) is 4.22. The van der Waals surface area contributed by atoms with Crippen molar-refractivity contribution >= 4 is 17.4 Å². The summed E-state index contributed by atoms with van der Waals surface area (Å²) in [6.45, 7) is 0. The molecule has 0 atom stereocenters. The van der Waals surface area contributed by atoms with Gasteiger partial charge in [0.15, 0.2) is 5.82 Å². The first-order chi connectivity index (χ1) is 7.20. The number of nitrogens with two attached hydrogens (primary N) is 1. The number of anilines is 1. The van der Waals surface area contributed by atoms with Crippen LogP contribution in [0.25, 0.3) is 5.69 Å². The molecule has 0 aliphatic heterocycles. The molecule has 0 aliphatic carbocycles. The normalized spacial score (nSPS) is 9.87. The van der Waals surface area contributed by atoms with Crippen LogP contribution < -0.4 is 5.73 Å². The second-order valence-electron chi connectivity index (χ2n) is 2.96. The summed E-state index contributed by atoms with van der Waals surface area (Å²) in [5.41, 5.74) is 6.72. The van der Waals surface area contributed by atoms with Gasteiger partial charge in [-0.25, -0.2) is 4.68 Å². The van der Waals surface area contributed by atoms with Gasteiger partial charge in [-0.15, -0.1) is 5.10 Å². The predicted molar refractivity (Wildman–Crippen MR) is 57.7 cm³/mol. The van der Waals surface area contributed by atoms with E-state index >= 15 is 0 Å². The van der Waals surface area contributed by atoms with Gasteiger partial charge >= 0.3 is 0 Å². The van der Waals surface area contributed by atoms with Crippen molar-refractivity contribution in [3.8, 4) is 11.8 Å². The Morgan fingerprint density at radius 2 is 2.00 bits per heavy atom. The molecule has 2 N–H and O–H groups in total. The van der Waals surface area contributed by atoms with Gasteiger partial charge in [0.2, 0.25) is 0 Å². The number of rotatable bonds is 1. The average molecular weight is 219 g/mol. The maximum atomic E-state index is 8.72. The Balaban J connectivity index is 2.46. The minimum Gasteiger partial charge on any atom is -0.381 e. The number of aromatic nitrogens is 2. The van der Waals surface area contributed by atoms with Crippen molar-refractivity contribution in [3.05, 3.63) is 41.0 Å². The second kappa shape index (κ2) is 3.64. The molecule has 0 amide bonds. The van der Waals surface area contributed by atoms with Crippen LogP contribution in [0.2, 0.25) is 5.02 Å². The summed E-state index contributed by atoms with van der Waals surface area (Å²) in [4.78, 5) is 0. The van der Waals surface area contributed by atoms with Crippen LogP contribution in [0.3, 0.4) is 0 Å². The fraction of sp³-hybridized carbons (Fsp3) is 0. The lowest BCUT2D eigenvalue weighted by atomic mass is 10.3. The Morgan fingerprint density at radius 3 is 2.53 bits per heavy atom. The van der Waals surface area contributed by atoms with E-state index in [0.29, 0.717) is 10.6 Å². The van der Waals surface area contributed by atoms with Gasteiger partial charge in [0.1, 0.15) is 11.6 Å². The Labute approximate surface area is 91.5 Å². The van der Waals surface area contributed by atoms with Gasteiger partial charge in [0.05, 0.1) is 11.9 Å². The highest BCUT2D eigenvalue weighted by Crippen LogP contribution is 2.15. The molecule has 0 saturated carbocycles. The average Bonchev–Trinajstić information content (AvgIpc) is 2.61. The molecule has 0 bridgehead atoms. The van der Waals surface area contributed by atoms with Gasteiger partial charge in [0, 0.05) is 5.02 Å². The van der Waals surface area contributed by atoms with E-state index in [9.17, 15) is 0 Å². The summed E-state index contributed by atoms with van der Waals surface area (Å²) in [6, 6.07) is 9.07. The Kier molecular flexibility index (Phi) is 2.32. The van der Waals surface area contributed by atoms with E-state index in [1.165, 1.54) is 0 Å². The van der Waals surface area contributed by atoms with Crippen molar-refractivity contribution in [1.82, 2.24) is 9.78 Å². The SMILES string of the molecule is N#Cc1cn(-c2ccc(Cl)cc2)nc1N. The van der Waals surface area contributed by atoms with E-state index in [1.54, 1.807) is 35.1 Å². The van der Waals surface area contributed by atoms with Crippen LogP contribution in [0.1, 0.15) is 5.56 Å². The maximum Gasteiger partial charge on any atom is 0.163 e. The Hall–Kier alpha value is -1.99. The van der Waals surface area contributed by atoms with Crippen LogP contribution >= 0.6 is 11.6 Å². The van der Waals surface area contributed by atoms with Crippen LogP contribution in [0.4, 0.5) is 5.82 Å². The van der Waals surface area contributed by atoms with E-state index in [4.69, 9.17) is 22.6 Å². The molecule has 1 aromatic heterocycles. The molecule has 0 radical (unpaired) electrons. The fourth-order valence-electron chi connectivity index (χ4n) is 1.20. The summed E-state index contributed by atoms with van der Waals surface area (Å²) in [7, 11) is 0. The second-order valence-corrected chi connectivity index (χ2v) is 3.40. The minimum atomic E-state index is 0.229. The van der Waals surface area contributed by atoms with Crippen LogP contribution in [0, 0.1) is 11.3 Å². The van der Waals surface area contributed by atoms with Gasteiger partial charge in [-0.3, -0.25) is 0 Å². The lowest BCUT2D eigenvalue weighted by molar-refractivity contribution is 0.886. The zero-order chi connectivity index (χ0) is 10.8. The van der Waals surface area contributed by atoms with Crippen molar-refractivity contribution in [1.29, 1.82) is 5.26 Å². The summed E-state index contributed by atoms with van der Waals surface area (Å²) in [6.07, 6.45) is 1.58. The van der Waals surface area contributed by atoms with Crippen molar-refractivity contribution in [2.75, 3.05) is 5.73 Å². The molecule has 4 nitrogen and oxygen atoms in total. The highest BCUT2D eigenvalue weighted by atomic mass is 35.5. The van der Waals surface area contributed by atoms with Crippen LogP contribution in [0.5, 0.6) is 0 Å². The largest absolute Gasteiger partial charge is 0.381 e. The zero-order valence-corrected chi connectivity index (χ0v) is 8.44. The summed E-state index contributed by atoms with van der Waals surface area (Å²) in [5.74, 6) is 0.229. The van der Waals surface area contributed by atoms with E-state index < -0.39 is 0 Å². The van der Waals surface area contributed by atoms with Gasteiger partial charge in [-0.1, -0.05) is 11.6 Å². The molecule has 2 aromatic rings. The highest BCUT2D eigenvalue weighted by molar-refractivity contribution is 6.30. The van der Waals surface area contributed by atoms with Gasteiger partial charge in [-0.2, -0.15) is 5.26 Å². The first-order valence-corrected chi connectivity index (χ1v) is 4.59. The van der Waals surface area contributed by atoms with Crippen LogP contribution in [-0.4, -0.2) is 9.78 Å². The molecule has 1 heterocycles. The standard InChI is InChI=1S/C10H7ClN4/c11-8-1-3-9(4-2-8)15-6-7(5-12)10(13)14-15/h1-4,6H,(H2,13,14). The Bertz CT molecular complexity index is 521. The first kappa shape index (κ1) is 9.56. The molecular weight excluding hydrogens is 212 g/mol. The number of nitrogens with zero attached hydrogens (tertiary/aromatic N) is 3. The maximum absolute atomic E-state index is 8.72. The lowest BCUT2D eigenvalue weighted by Gasteiger charge is -1.99. The molecule has 0 fully saturated rings. The predicted octanol–water partition coefficient (Wildman–Crippen LogP) is 1.98. The number of benzene rings is 1. The summed E-state index contributed by atoms with van der Waals surface area (Å²) < 4.78 is 1.55. The van der Waals surface area contributed by atoms with E-state index in [2.05, 4.69) is 5.10 Å². The molecule has 2 rings (SSSR count). The van der Waals surface area contributed by atoms with E-state index in [1.807, 2.05) is 6.07 Å². The van der Waals surface area contributed by atoms with Crippen molar-refractivity contribution in [2.24, 2.45) is 0 Å². The molecule has 1 aromatic carbocycles. The number of halogens is 1. The van der Waals surface area contributed by atoms with E-state index in [0.717, 1.165) is 5.69 Å². The van der Waals surface area contributed by atoms with Crippen molar-refractivity contribution < 1.29 is 0 Å². The van der Waals surface area contributed by atoms with Crippen LogP contribution in [-0.2, 0) is 0 Å². The van der Waals surface area contributed by atoms with Crippen molar-refractivity contribution in [3.63, 3.8) is 0 Å². The third-order valence-electron chi connectivity index (χ3n) is 1.95. The molecule has 0 saturated heterocycles. The molecule has 15 heavy (non-hydrogen) atoms. The van der Waals surface area contributed by atoms with E-state index in [-0.39, 0.29) is 5.82 Å². The molecular formula is C10H7ClN4. The highest BCUT2D eigenvalue weighted by Gasteiger charge is 2.05. The molecule has 0 unspecified atom stereocenters. The number of hydrogen-bond acceptors (Lipinski definition) is 3. The van der Waals surface area contributed by atoms with Crippen LogP contribution in [0.15, 0.2) is 30.5 Å². The number of nitrogen functional groups attached to an aromatic ring is 1. The summed E-state index contributed by atoms with van der Waals surface area (Å²) in [5, 5.41) is 13.4. The molecule has 74 valence electrons. The molecule has 0 spiro atoms. The van der Waals surface area contributed by atoms with Gasteiger partial charge in [0.25, 0.3) is 0 Å². The lowest BCUT2D eigenvalue weighted by Crippen LogP contribution is -1.95. The quantitative estimate of drug-likeness (QED) is 0.796. The monoisotopic (exact) mass is 218 g/mol. The van der Waals surface area contributed by atoms with Crippen molar-refractivity contribution in [2.45, 2.75) is 0 Å².